The van der Waals surface area contributed by atoms with Crippen molar-refractivity contribution in [1.82, 2.24) is 0 Å². The lowest BCUT2D eigenvalue weighted by Crippen LogP contribution is -2.27. The lowest BCUT2D eigenvalue weighted by atomic mass is 9.24. The first-order chi connectivity index (χ1) is 4.20. The van der Waals surface area contributed by atoms with Crippen LogP contribution in [0.15, 0.2) is 0 Å². The summed E-state index contributed by atoms with van der Waals surface area (Å²) >= 11 is 0. The van der Waals surface area contributed by atoms with Gasteiger partial charge in [0, 0.05) is 0 Å². The van der Waals surface area contributed by atoms with Crippen molar-refractivity contribution in [1.29, 1.82) is 0 Å². The Labute approximate surface area is 59.7 Å². The van der Waals surface area contributed by atoms with Crippen LogP contribution in [0.4, 0.5) is 0 Å². The molecule has 1 fully saturated rings. The number of hydrogen-bond acceptors (Lipinski definition) is 0. The fourth-order valence-electron chi connectivity index (χ4n) is 1.59. The molecule has 0 aliphatic carbocycles. The largest absolute Gasteiger partial charge is 0.131 e. The van der Waals surface area contributed by atoms with E-state index in [1.165, 1.54) is 12.7 Å². The van der Waals surface area contributed by atoms with Gasteiger partial charge < -0.3 is 0 Å². The highest BCUT2D eigenvalue weighted by Gasteiger charge is 2.24. The Bertz CT molecular complexity index is 92.9. The molecule has 0 nitrogen and oxygen atoms in total. The lowest BCUT2D eigenvalue weighted by molar-refractivity contribution is 0.824. The normalized spacial score (nSPS) is 36.1. The molecule has 0 aromatic heterocycles. The molecule has 1 saturated heterocycles. The maximum Gasteiger partial charge on any atom is 0.131 e. The zero-order valence-corrected chi connectivity index (χ0v) is 6.72. The van der Waals surface area contributed by atoms with Gasteiger partial charge in [-0.2, -0.15) is 0 Å². The third-order valence-corrected chi connectivity index (χ3v) is 2.61. The van der Waals surface area contributed by atoms with Crippen LogP contribution in [0, 0.1) is 0 Å². The Hall–Kier alpha value is 0.130. The van der Waals surface area contributed by atoms with Gasteiger partial charge in [0.25, 0.3) is 0 Å². The van der Waals surface area contributed by atoms with E-state index in [4.69, 9.17) is 0 Å². The highest BCUT2D eigenvalue weighted by molar-refractivity contribution is 6.72. The smallest absolute Gasteiger partial charge is 0.0916 e. The molecular formula is C7H15B2. The van der Waals surface area contributed by atoms with Gasteiger partial charge in [-0.1, -0.05) is 44.9 Å². The van der Waals surface area contributed by atoms with Crippen LogP contribution in [0.25, 0.3) is 0 Å². The third kappa shape index (κ3) is 1.77. The molecule has 0 spiro atoms. The van der Waals surface area contributed by atoms with Crippen LogP contribution in [-0.2, 0) is 0 Å². The van der Waals surface area contributed by atoms with Crippen molar-refractivity contribution >= 4 is 14.0 Å². The summed E-state index contributed by atoms with van der Waals surface area (Å²) < 4.78 is 0. The topological polar surface area (TPSA) is 0 Å². The van der Waals surface area contributed by atoms with Crippen molar-refractivity contribution in [3.8, 4) is 0 Å². The maximum absolute atomic E-state index is 2.49. The SMILES string of the molecule is CB1CCC(C)[B]C1C. The number of rotatable bonds is 0. The van der Waals surface area contributed by atoms with E-state index >= 15 is 0 Å². The standard InChI is InChI=1S/C7H15B2/c1-6-4-5-9(3)7(2)8-6/h6-7H,4-5H2,1-3H3. The highest BCUT2D eigenvalue weighted by atomic mass is 14.0. The molecule has 0 aromatic rings. The maximum atomic E-state index is 2.49. The fraction of sp³-hybridized carbons (Fsp3) is 1.00. The summed E-state index contributed by atoms with van der Waals surface area (Å²) in [7, 11) is 2.49. The van der Waals surface area contributed by atoms with Crippen molar-refractivity contribution in [2.75, 3.05) is 0 Å². The van der Waals surface area contributed by atoms with Gasteiger partial charge in [0.2, 0.25) is 0 Å². The van der Waals surface area contributed by atoms with E-state index in [0.717, 1.165) is 18.2 Å². The van der Waals surface area contributed by atoms with E-state index in [-0.39, 0.29) is 0 Å². The van der Waals surface area contributed by atoms with Gasteiger partial charge in [0.1, 0.15) is 14.0 Å². The molecule has 2 unspecified atom stereocenters. The fourth-order valence-corrected chi connectivity index (χ4v) is 1.59. The highest BCUT2D eigenvalue weighted by Crippen LogP contribution is 2.28. The summed E-state index contributed by atoms with van der Waals surface area (Å²) in [5, 5.41) is 0. The average Bonchev–Trinajstić information content (AvgIpc) is 1.80. The molecule has 0 aromatic carbocycles. The molecule has 0 bridgehead atoms. The predicted octanol–water partition coefficient (Wildman–Crippen LogP) is 2.37. The van der Waals surface area contributed by atoms with E-state index in [1.54, 1.807) is 0 Å². The Morgan fingerprint density at radius 1 is 1.44 bits per heavy atom. The molecular weight excluding hydrogens is 106 g/mol. The first-order valence-corrected chi connectivity index (χ1v) is 4.05. The Morgan fingerprint density at radius 2 is 2.11 bits per heavy atom. The molecule has 2 heteroatoms. The lowest BCUT2D eigenvalue weighted by Gasteiger charge is -2.26. The van der Waals surface area contributed by atoms with E-state index in [0.29, 0.717) is 0 Å². The summed E-state index contributed by atoms with van der Waals surface area (Å²) in [6, 6.07) is 0. The monoisotopic (exact) mass is 121 g/mol. The van der Waals surface area contributed by atoms with Crippen molar-refractivity contribution in [3.05, 3.63) is 0 Å². The average molecular weight is 121 g/mol. The van der Waals surface area contributed by atoms with E-state index in [2.05, 4.69) is 28.0 Å². The molecule has 1 rings (SSSR count). The Morgan fingerprint density at radius 3 is 2.56 bits per heavy atom. The minimum absolute atomic E-state index is 0.855. The molecule has 0 N–H and O–H groups in total. The van der Waals surface area contributed by atoms with Gasteiger partial charge in [-0.25, -0.2) is 0 Å². The summed E-state index contributed by atoms with van der Waals surface area (Å²) in [4.78, 5) is 0. The van der Waals surface area contributed by atoms with Gasteiger partial charge in [-0.15, -0.1) is 0 Å². The zero-order chi connectivity index (χ0) is 6.85. The molecule has 0 saturated carbocycles. The zero-order valence-electron chi connectivity index (χ0n) is 6.72. The van der Waals surface area contributed by atoms with Gasteiger partial charge >= 0.3 is 0 Å². The first-order valence-electron chi connectivity index (χ1n) is 4.05. The van der Waals surface area contributed by atoms with Gasteiger partial charge in [0.15, 0.2) is 0 Å². The molecule has 1 radical (unpaired) electrons. The van der Waals surface area contributed by atoms with Gasteiger partial charge in [-0.3, -0.25) is 0 Å². The van der Waals surface area contributed by atoms with Crippen molar-refractivity contribution in [2.45, 2.75) is 44.9 Å². The quantitative estimate of drug-likeness (QED) is 0.431. The molecule has 1 aliphatic rings. The number of hydrogen-bond donors (Lipinski definition) is 0. The molecule has 1 heterocycles. The first kappa shape index (κ1) is 7.24. The second kappa shape index (κ2) is 2.81. The molecule has 2 atom stereocenters. The van der Waals surface area contributed by atoms with Gasteiger partial charge in [-0.05, 0) is 0 Å². The second-order valence-corrected chi connectivity index (χ2v) is 3.58. The van der Waals surface area contributed by atoms with E-state index in [1.807, 2.05) is 0 Å². The third-order valence-electron chi connectivity index (χ3n) is 2.61. The summed E-state index contributed by atoms with van der Waals surface area (Å²) in [5.74, 6) is 0.871. The summed E-state index contributed by atoms with van der Waals surface area (Å²) in [5.41, 5.74) is 0.855. The molecule has 9 heavy (non-hydrogen) atoms. The van der Waals surface area contributed by atoms with Crippen LogP contribution >= 0.6 is 0 Å². The van der Waals surface area contributed by atoms with Crippen molar-refractivity contribution in [3.63, 3.8) is 0 Å². The van der Waals surface area contributed by atoms with Crippen molar-refractivity contribution in [2.24, 2.45) is 0 Å². The summed E-state index contributed by atoms with van der Waals surface area (Å²) in [6.45, 7) is 7.94. The predicted molar refractivity (Wildman–Crippen MR) is 45.6 cm³/mol. The van der Waals surface area contributed by atoms with E-state index in [9.17, 15) is 0 Å². The minimum Gasteiger partial charge on any atom is -0.0916 e. The van der Waals surface area contributed by atoms with Crippen LogP contribution in [-0.4, -0.2) is 14.0 Å². The van der Waals surface area contributed by atoms with E-state index < -0.39 is 0 Å². The van der Waals surface area contributed by atoms with Crippen LogP contribution in [0.3, 0.4) is 0 Å². The van der Waals surface area contributed by atoms with Crippen LogP contribution < -0.4 is 0 Å². The minimum atomic E-state index is 0.855. The molecule has 1 aliphatic heterocycles. The summed E-state index contributed by atoms with van der Waals surface area (Å²) in [6.07, 6.45) is 2.84. The Balaban J connectivity index is 2.35. The second-order valence-electron chi connectivity index (χ2n) is 3.58. The van der Waals surface area contributed by atoms with Crippen LogP contribution in [0.5, 0.6) is 0 Å². The van der Waals surface area contributed by atoms with Crippen LogP contribution in [0.2, 0.25) is 24.7 Å². The van der Waals surface area contributed by atoms with Gasteiger partial charge in [0.05, 0.1) is 0 Å². The molecule has 49 valence electrons. The molecule has 0 amide bonds. The Kier molecular flexibility index (Phi) is 2.26. The van der Waals surface area contributed by atoms with Crippen molar-refractivity contribution < 1.29 is 0 Å². The van der Waals surface area contributed by atoms with Crippen LogP contribution in [0.1, 0.15) is 20.3 Å².